The van der Waals surface area contributed by atoms with Gasteiger partial charge >= 0.3 is 5.97 Å². The Morgan fingerprint density at radius 3 is 2.65 bits per heavy atom. The van der Waals surface area contributed by atoms with E-state index in [1.807, 2.05) is 19.1 Å². The van der Waals surface area contributed by atoms with Gasteiger partial charge in [0.2, 0.25) is 0 Å². The number of likely N-dealkylation sites (tertiary alicyclic amines) is 1. The summed E-state index contributed by atoms with van der Waals surface area (Å²) in [6.07, 6.45) is 0.964. The molecule has 2 aliphatic rings. The number of aliphatic hydroxyl groups excluding tert-OH is 1. The van der Waals surface area contributed by atoms with E-state index in [2.05, 4.69) is 10.2 Å². The van der Waals surface area contributed by atoms with Crippen LogP contribution in [0.1, 0.15) is 61.9 Å². The van der Waals surface area contributed by atoms with Gasteiger partial charge in [0.15, 0.2) is 0 Å². The van der Waals surface area contributed by atoms with Gasteiger partial charge in [-0.15, -0.1) is 0 Å². The molecule has 0 radical (unpaired) electrons. The predicted octanol–water partition coefficient (Wildman–Crippen LogP) is 2.46. The number of fused-ring (bicyclic) bond motifs is 1. The zero-order valence-electron chi connectivity index (χ0n) is 17.4. The number of benzene rings is 2. The van der Waals surface area contributed by atoms with Crippen LogP contribution in [-0.4, -0.2) is 47.6 Å². The van der Waals surface area contributed by atoms with Crippen molar-refractivity contribution in [3.63, 3.8) is 0 Å². The number of carbonyl (C=O) groups is 2. The van der Waals surface area contributed by atoms with Crippen LogP contribution >= 0.6 is 0 Å². The van der Waals surface area contributed by atoms with E-state index in [-0.39, 0.29) is 24.5 Å². The molecular weight excluding hydrogens is 394 g/mol. The van der Waals surface area contributed by atoms with Gasteiger partial charge in [-0.25, -0.2) is 4.79 Å². The number of cyclic esters (lactones) is 1. The molecule has 2 aromatic carbocycles. The summed E-state index contributed by atoms with van der Waals surface area (Å²) < 4.78 is 5.10. The molecule has 0 spiro atoms. The predicted molar refractivity (Wildman–Crippen MR) is 113 cm³/mol. The lowest BCUT2D eigenvalue weighted by atomic mass is 9.94. The van der Waals surface area contributed by atoms with Gasteiger partial charge in [0, 0.05) is 36.8 Å². The van der Waals surface area contributed by atoms with E-state index in [1.54, 1.807) is 30.3 Å². The van der Waals surface area contributed by atoms with Crippen molar-refractivity contribution in [2.24, 2.45) is 0 Å². The summed E-state index contributed by atoms with van der Waals surface area (Å²) in [6.45, 7) is 4.25. The topological polar surface area (TPSA) is 103 Å². The highest BCUT2D eigenvalue weighted by atomic mass is 16.5. The minimum absolute atomic E-state index is 0.0847. The van der Waals surface area contributed by atoms with Crippen molar-refractivity contribution < 1.29 is 19.4 Å². The Morgan fingerprint density at radius 2 is 1.97 bits per heavy atom. The van der Waals surface area contributed by atoms with Crippen LogP contribution in [0.15, 0.2) is 36.4 Å². The number of rotatable bonds is 5. The van der Waals surface area contributed by atoms with E-state index < -0.39 is 6.10 Å². The summed E-state index contributed by atoms with van der Waals surface area (Å²) in [6, 6.07) is 12.3. The fourth-order valence-corrected chi connectivity index (χ4v) is 4.30. The van der Waals surface area contributed by atoms with Gasteiger partial charge in [-0.05, 0) is 61.2 Å². The molecule has 0 aliphatic carbocycles. The van der Waals surface area contributed by atoms with Crippen LogP contribution in [0.2, 0.25) is 0 Å². The maximum atomic E-state index is 12.4. The molecule has 1 fully saturated rings. The number of nitrogens with zero attached hydrogens (tertiary/aromatic N) is 2. The van der Waals surface area contributed by atoms with E-state index in [4.69, 9.17) is 10.00 Å². The van der Waals surface area contributed by atoms with Crippen LogP contribution in [0.4, 0.5) is 0 Å². The number of carbonyl (C=O) groups excluding carboxylic acids is 2. The second kappa shape index (κ2) is 8.88. The molecule has 1 amide bonds. The van der Waals surface area contributed by atoms with Crippen molar-refractivity contribution in [1.82, 2.24) is 10.2 Å². The maximum Gasteiger partial charge on any atom is 0.338 e. The molecule has 1 saturated heterocycles. The second-order valence-electron chi connectivity index (χ2n) is 8.14. The van der Waals surface area contributed by atoms with Crippen LogP contribution in [0, 0.1) is 18.3 Å². The van der Waals surface area contributed by atoms with E-state index >= 15 is 0 Å². The van der Waals surface area contributed by atoms with E-state index in [0.29, 0.717) is 23.2 Å². The number of hydrogen-bond acceptors (Lipinski definition) is 6. The van der Waals surface area contributed by atoms with Crippen molar-refractivity contribution in [2.45, 2.75) is 38.5 Å². The van der Waals surface area contributed by atoms with Crippen LogP contribution in [-0.2, 0) is 11.3 Å². The van der Waals surface area contributed by atoms with E-state index in [0.717, 1.165) is 42.6 Å². The minimum Gasteiger partial charge on any atom is -0.457 e. The number of esters is 1. The lowest BCUT2D eigenvalue weighted by Crippen LogP contribution is -2.45. The number of ether oxygens (including phenoxy) is 1. The van der Waals surface area contributed by atoms with Crippen molar-refractivity contribution in [3.05, 3.63) is 69.8 Å². The van der Waals surface area contributed by atoms with Crippen molar-refractivity contribution in [2.75, 3.05) is 19.6 Å². The smallest absolute Gasteiger partial charge is 0.338 e. The molecule has 0 aromatic heterocycles. The third-order valence-electron chi connectivity index (χ3n) is 6.20. The summed E-state index contributed by atoms with van der Waals surface area (Å²) in [4.78, 5) is 26.3. The van der Waals surface area contributed by atoms with E-state index in [9.17, 15) is 14.7 Å². The molecule has 2 heterocycles. The molecule has 1 atom stereocenters. The standard InChI is InChI=1S/C24H25N3O4/c1-15-19(6-7-20-21(15)14-31-24(20)30)22(28)13-27-10-8-18(9-11-27)26-23(29)17-4-2-16(12-25)3-5-17/h2-7,18,22,28H,8-11,13-14H2,1H3,(H,26,29)/t22-/m0/s1. The first-order valence-corrected chi connectivity index (χ1v) is 10.5. The molecule has 4 rings (SSSR count). The molecule has 160 valence electrons. The molecule has 31 heavy (non-hydrogen) atoms. The maximum absolute atomic E-state index is 12.4. The monoisotopic (exact) mass is 419 g/mol. The molecule has 0 saturated carbocycles. The summed E-state index contributed by atoms with van der Waals surface area (Å²) >= 11 is 0. The first kappa shape index (κ1) is 21.0. The zero-order chi connectivity index (χ0) is 22.0. The normalized spacial score (nSPS) is 17.5. The SMILES string of the molecule is Cc1c([C@@H](O)CN2CCC(NC(=O)c3ccc(C#N)cc3)CC2)ccc2c1COC2=O. The Bertz CT molecular complexity index is 1030. The highest BCUT2D eigenvalue weighted by Gasteiger charge is 2.27. The number of β-amino-alcohol motifs (C(OH)–C–C–N with tert-alkyl or cyclic N) is 1. The van der Waals surface area contributed by atoms with Gasteiger partial charge in [0.25, 0.3) is 5.91 Å². The van der Waals surface area contributed by atoms with Gasteiger partial charge in [0.05, 0.1) is 23.3 Å². The van der Waals surface area contributed by atoms with Gasteiger partial charge in [0.1, 0.15) is 6.61 Å². The highest BCUT2D eigenvalue weighted by Crippen LogP contribution is 2.29. The van der Waals surface area contributed by atoms with Gasteiger partial charge < -0.3 is 20.1 Å². The molecule has 2 aliphatic heterocycles. The summed E-state index contributed by atoms with van der Waals surface area (Å²) in [5.41, 5.74) is 4.28. The molecule has 2 aromatic rings. The second-order valence-corrected chi connectivity index (χ2v) is 8.14. The molecular formula is C24H25N3O4. The number of piperidine rings is 1. The van der Waals surface area contributed by atoms with Crippen LogP contribution in [0.5, 0.6) is 0 Å². The Kier molecular flexibility index (Phi) is 6.03. The summed E-state index contributed by atoms with van der Waals surface area (Å²) in [7, 11) is 0. The fourth-order valence-electron chi connectivity index (χ4n) is 4.30. The minimum atomic E-state index is -0.647. The Balaban J connectivity index is 1.30. The molecule has 0 unspecified atom stereocenters. The molecule has 7 heteroatoms. The zero-order valence-corrected chi connectivity index (χ0v) is 17.4. The van der Waals surface area contributed by atoms with Gasteiger partial charge in [-0.3, -0.25) is 4.79 Å². The third-order valence-corrected chi connectivity index (χ3v) is 6.20. The van der Waals surface area contributed by atoms with E-state index in [1.165, 1.54) is 0 Å². The van der Waals surface area contributed by atoms with Crippen LogP contribution in [0.25, 0.3) is 0 Å². The lowest BCUT2D eigenvalue weighted by molar-refractivity contribution is 0.0534. The highest BCUT2D eigenvalue weighted by molar-refractivity contribution is 5.94. The average Bonchev–Trinajstić information content (AvgIpc) is 3.17. The average molecular weight is 419 g/mol. The molecule has 2 N–H and O–H groups in total. The number of hydrogen-bond donors (Lipinski definition) is 2. The quantitative estimate of drug-likeness (QED) is 0.722. The van der Waals surface area contributed by atoms with Gasteiger partial charge in [-0.1, -0.05) is 6.07 Å². The van der Waals surface area contributed by atoms with Crippen LogP contribution < -0.4 is 5.32 Å². The van der Waals surface area contributed by atoms with Crippen molar-refractivity contribution in [1.29, 1.82) is 5.26 Å². The Labute approximate surface area is 181 Å². The summed E-state index contributed by atoms with van der Waals surface area (Å²) in [5, 5.41) is 22.7. The first-order chi connectivity index (χ1) is 15.0. The largest absolute Gasteiger partial charge is 0.457 e. The third kappa shape index (κ3) is 4.46. The van der Waals surface area contributed by atoms with Crippen LogP contribution in [0.3, 0.4) is 0 Å². The Hall–Kier alpha value is -3.21. The van der Waals surface area contributed by atoms with Crippen molar-refractivity contribution in [3.8, 4) is 6.07 Å². The Morgan fingerprint density at radius 1 is 1.26 bits per heavy atom. The molecule has 0 bridgehead atoms. The number of nitrogens with one attached hydrogen (secondary N) is 1. The van der Waals surface area contributed by atoms with Crippen molar-refractivity contribution >= 4 is 11.9 Å². The fraction of sp³-hybridized carbons (Fsp3) is 0.375. The number of nitriles is 1. The molecule has 7 nitrogen and oxygen atoms in total. The number of amides is 1. The lowest BCUT2D eigenvalue weighted by Gasteiger charge is -2.33. The number of aliphatic hydroxyl groups is 1. The first-order valence-electron chi connectivity index (χ1n) is 10.5. The van der Waals surface area contributed by atoms with Gasteiger partial charge in [-0.2, -0.15) is 5.26 Å². The summed E-state index contributed by atoms with van der Waals surface area (Å²) in [5.74, 6) is -0.433.